The molecule has 0 saturated carbocycles. The molecular weight excluding hydrogens is 333 g/mol. The van der Waals surface area contributed by atoms with Gasteiger partial charge in [0, 0.05) is 17.7 Å². The van der Waals surface area contributed by atoms with Gasteiger partial charge in [0.1, 0.15) is 5.82 Å². The smallest absolute Gasteiger partial charge is 0.153 e. The number of aryl methyl sites for hydroxylation is 1. The minimum Gasteiger partial charge on any atom is -0.271 e. The quantitative estimate of drug-likeness (QED) is 0.493. The second-order valence-electron chi connectivity index (χ2n) is 3.85. The van der Waals surface area contributed by atoms with E-state index >= 15 is 0 Å². The van der Waals surface area contributed by atoms with Gasteiger partial charge >= 0.3 is 0 Å². The Morgan fingerprint density at radius 1 is 1.53 bits per heavy atom. The monoisotopic (exact) mass is 345 g/mol. The van der Waals surface area contributed by atoms with Gasteiger partial charge in [0.15, 0.2) is 4.60 Å². The van der Waals surface area contributed by atoms with Crippen molar-refractivity contribution in [2.75, 3.05) is 5.75 Å². The summed E-state index contributed by atoms with van der Waals surface area (Å²) in [5.74, 6) is 5.89. The second-order valence-corrected chi connectivity index (χ2v) is 5.66. The molecule has 0 radical (unpaired) electrons. The van der Waals surface area contributed by atoms with Crippen molar-refractivity contribution < 1.29 is 4.39 Å². The van der Waals surface area contributed by atoms with Crippen LogP contribution in [0.2, 0.25) is 0 Å². The van der Waals surface area contributed by atoms with Gasteiger partial charge in [0.2, 0.25) is 0 Å². The maximum atomic E-state index is 13.5. The summed E-state index contributed by atoms with van der Waals surface area (Å²) in [7, 11) is 1.78. The van der Waals surface area contributed by atoms with E-state index in [0.29, 0.717) is 15.3 Å². The molecule has 102 valence electrons. The van der Waals surface area contributed by atoms with Gasteiger partial charge in [-0.3, -0.25) is 11.3 Å². The Hall–Kier alpha value is -0.960. The summed E-state index contributed by atoms with van der Waals surface area (Å²) in [6.07, 6.45) is 0. The fourth-order valence-corrected chi connectivity index (χ4v) is 3.23. The maximum Gasteiger partial charge on any atom is 0.153 e. The molecule has 8 heteroatoms. The number of halogens is 2. The summed E-state index contributed by atoms with van der Waals surface area (Å²) in [5, 5.41) is 7.81. The van der Waals surface area contributed by atoms with Crippen molar-refractivity contribution in [3.05, 3.63) is 40.4 Å². The zero-order chi connectivity index (χ0) is 13.8. The lowest BCUT2D eigenvalue weighted by Gasteiger charge is -2.15. The van der Waals surface area contributed by atoms with Crippen LogP contribution in [0, 0.1) is 5.82 Å². The molecule has 0 spiro atoms. The summed E-state index contributed by atoms with van der Waals surface area (Å²) < 4.78 is 15.8. The van der Waals surface area contributed by atoms with Crippen molar-refractivity contribution in [2.45, 2.75) is 10.9 Å². The molecule has 0 amide bonds. The van der Waals surface area contributed by atoms with Crippen molar-refractivity contribution in [3.63, 3.8) is 0 Å². The number of hydrogen-bond donors (Lipinski definition) is 2. The maximum absolute atomic E-state index is 13.5. The van der Waals surface area contributed by atoms with Crippen LogP contribution in [0.5, 0.6) is 0 Å². The Morgan fingerprint density at radius 2 is 2.26 bits per heavy atom. The normalized spacial score (nSPS) is 12.6. The first kappa shape index (κ1) is 14.4. The van der Waals surface area contributed by atoms with Gasteiger partial charge in [-0.25, -0.2) is 9.07 Å². The van der Waals surface area contributed by atoms with Crippen molar-refractivity contribution in [3.8, 4) is 0 Å². The zero-order valence-electron chi connectivity index (χ0n) is 10.2. The van der Waals surface area contributed by atoms with Gasteiger partial charge in [-0.05, 0) is 28.1 Å². The fourth-order valence-electron chi connectivity index (χ4n) is 1.65. The molecule has 19 heavy (non-hydrogen) atoms. The van der Waals surface area contributed by atoms with E-state index in [0.717, 1.165) is 5.69 Å². The lowest BCUT2D eigenvalue weighted by atomic mass is 10.3. The predicted octanol–water partition coefficient (Wildman–Crippen LogP) is 2.01. The molecule has 0 aliphatic heterocycles. The van der Waals surface area contributed by atoms with Crippen LogP contribution in [-0.4, -0.2) is 20.7 Å². The minimum absolute atomic E-state index is 0.181. The molecule has 2 rings (SSSR count). The first-order valence-corrected chi connectivity index (χ1v) is 7.30. The largest absolute Gasteiger partial charge is 0.271 e. The summed E-state index contributed by atoms with van der Waals surface area (Å²) in [6, 6.07) is 6.47. The summed E-state index contributed by atoms with van der Waals surface area (Å²) in [5.41, 5.74) is 3.53. The van der Waals surface area contributed by atoms with Gasteiger partial charge in [-0.1, -0.05) is 17.3 Å². The van der Waals surface area contributed by atoms with Crippen molar-refractivity contribution in [1.82, 2.24) is 20.4 Å². The lowest BCUT2D eigenvalue weighted by molar-refractivity contribution is 0.549. The van der Waals surface area contributed by atoms with Gasteiger partial charge in [0.05, 0.1) is 11.7 Å². The molecule has 0 saturated heterocycles. The number of benzene rings is 1. The highest BCUT2D eigenvalue weighted by atomic mass is 79.9. The number of aromatic nitrogens is 3. The van der Waals surface area contributed by atoms with Crippen LogP contribution in [0.3, 0.4) is 0 Å². The number of hydrogen-bond acceptors (Lipinski definition) is 5. The molecule has 2 aromatic rings. The Labute approximate surface area is 122 Å². The number of thioether (sulfide) groups is 1. The minimum atomic E-state index is -0.231. The average molecular weight is 346 g/mol. The van der Waals surface area contributed by atoms with Crippen molar-refractivity contribution >= 4 is 27.7 Å². The SMILES string of the molecule is Cn1nnc(Br)c1C(CSc1ccccc1F)NN. The summed E-state index contributed by atoms with van der Waals surface area (Å²) in [6.45, 7) is 0. The molecule has 1 unspecified atom stereocenters. The van der Waals surface area contributed by atoms with Crippen LogP contribution in [0.1, 0.15) is 11.7 Å². The van der Waals surface area contributed by atoms with E-state index in [1.54, 1.807) is 29.9 Å². The van der Waals surface area contributed by atoms with E-state index in [4.69, 9.17) is 5.84 Å². The van der Waals surface area contributed by atoms with E-state index in [2.05, 4.69) is 31.7 Å². The second kappa shape index (κ2) is 6.47. The lowest BCUT2D eigenvalue weighted by Crippen LogP contribution is -2.31. The third-order valence-electron chi connectivity index (χ3n) is 2.60. The number of nitrogens with one attached hydrogen (secondary N) is 1. The predicted molar refractivity (Wildman–Crippen MR) is 75.9 cm³/mol. The highest BCUT2D eigenvalue weighted by Crippen LogP contribution is 2.28. The van der Waals surface area contributed by atoms with Crippen LogP contribution in [0.15, 0.2) is 33.8 Å². The van der Waals surface area contributed by atoms with E-state index in [1.807, 2.05) is 0 Å². The van der Waals surface area contributed by atoms with Crippen LogP contribution in [0.4, 0.5) is 4.39 Å². The highest BCUT2D eigenvalue weighted by molar-refractivity contribution is 9.10. The van der Waals surface area contributed by atoms with Crippen LogP contribution < -0.4 is 11.3 Å². The topological polar surface area (TPSA) is 68.8 Å². The molecular formula is C11H13BrFN5S. The molecule has 1 aromatic carbocycles. The molecule has 5 nitrogen and oxygen atoms in total. The molecule has 1 heterocycles. The third-order valence-corrected chi connectivity index (χ3v) is 4.31. The Kier molecular flexibility index (Phi) is 4.92. The highest BCUT2D eigenvalue weighted by Gasteiger charge is 2.19. The third kappa shape index (κ3) is 3.33. The number of nitrogens with two attached hydrogens (primary N) is 1. The molecule has 3 N–H and O–H groups in total. The van der Waals surface area contributed by atoms with Gasteiger partial charge < -0.3 is 0 Å². The molecule has 0 aliphatic carbocycles. The van der Waals surface area contributed by atoms with Crippen LogP contribution in [-0.2, 0) is 7.05 Å². The first-order chi connectivity index (χ1) is 9.13. The summed E-state index contributed by atoms with van der Waals surface area (Å²) in [4.78, 5) is 0.592. The average Bonchev–Trinajstić information content (AvgIpc) is 2.73. The van der Waals surface area contributed by atoms with Gasteiger partial charge in [-0.15, -0.1) is 16.9 Å². The Morgan fingerprint density at radius 3 is 2.84 bits per heavy atom. The van der Waals surface area contributed by atoms with Crippen LogP contribution in [0.25, 0.3) is 0 Å². The Bertz CT molecular complexity index is 542. The molecule has 0 bridgehead atoms. The fraction of sp³-hybridized carbons (Fsp3) is 0.273. The number of rotatable bonds is 5. The Balaban J connectivity index is 2.11. The van der Waals surface area contributed by atoms with Gasteiger partial charge in [-0.2, -0.15) is 0 Å². The van der Waals surface area contributed by atoms with Crippen LogP contribution >= 0.6 is 27.7 Å². The van der Waals surface area contributed by atoms with Crippen molar-refractivity contribution in [2.24, 2.45) is 12.9 Å². The van der Waals surface area contributed by atoms with E-state index in [1.165, 1.54) is 17.8 Å². The molecule has 1 aromatic heterocycles. The van der Waals surface area contributed by atoms with Crippen molar-refractivity contribution in [1.29, 1.82) is 0 Å². The molecule has 1 atom stereocenters. The zero-order valence-corrected chi connectivity index (χ0v) is 12.6. The van der Waals surface area contributed by atoms with Gasteiger partial charge in [0.25, 0.3) is 0 Å². The number of nitrogens with zero attached hydrogens (tertiary/aromatic N) is 3. The molecule has 0 aliphatic rings. The van der Waals surface area contributed by atoms with E-state index < -0.39 is 0 Å². The van der Waals surface area contributed by atoms with E-state index in [-0.39, 0.29) is 11.9 Å². The van der Waals surface area contributed by atoms with E-state index in [9.17, 15) is 4.39 Å². The summed E-state index contributed by atoms with van der Waals surface area (Å²) >= 11 is 4.71. The molecule has 0 fully saturated rings. The standard InChI is InChI=1S/C11H13BrFN5S/c1-18-10(11(12)16-17-18)8(15-14)6-19-9-5-3-2-4-7(9)13/h2-5,8,15H,6,14H2,1H3. The first-order valence-electron chi connectivity index (χ1n) is 5.52. The number of hydrazine groups is 1.